The normalized spacial score (nSPS) is 10.8. The largest absolute Gasteiger partial charge is 0.478 e. The quantitative estimate of drug-likeness (QED) is 0.0108. The second-order valence-corrected chi connectivity index (χ2v) is 34.7. The number of rotatable bonds is 89. The Hall–Kier alpha value is -6.64. The summed E-state index contributed by atoms with van der Waals surface area (Å²) in [4.78, 5) is 145. The minimum absolute atomic E-state index is 0.110. The summed E-state index contributed by atoms with van der Waals surface area (Å²) < 4.78 is 35.8. The maximum atomic E-state index is 12.1. The maximum Gasteiger partial charge on any atom is 0.331 e. The van der Waals surface area contributed by atoms with Crippen LogP contribution in [0.5, 0.6) is 0 Å². The summed E-state index contributed by atoms with van der Waals surface area (Å²) in [5, 5.41) is 49.6. The van der Waals surface area contributed by atoms with Gasteiger partial charge < -0.3 is 63.8 Å². The first-order chi connectivity index (χ1) is 63.3. The average Bonchev–Trinajstić information content (AvgIpc) is 0.937. The number of carbonyl (C=O) groups excluding carboxylic acids is 10. The summed E-state index contributed by atoms with van der Waals surface area (Å²) in [5.41, 5.74) is 0. The number of aliphatic hydroxyl groups excluding tert-OH is 3. The minimum Gasteiger partial charge on any atom is -0.478 e. The number of carbonyl (C=O) groups is 13. The number of aliphatic carboxylic acids is 3. The molecule has 0 aromatic carbocycles. The van der Waals surface area contributed by atoms with E-state index < -0.39 is 67.0 Å². The first kappa shape index (κ1) is 135. The predicted octanol–water partition coefficient (Wildman–Crippen LogP) is 25.2. The van der Waals surface area contributed by atoms with Crippen molar-refractivity contribution in [1.82, 2.24) is 0 Å². The predicted molar refractivity (Wildman–Crippen MR) is 521 cm³/mol. The third-order valence-corrected chi connectivity index (χ3v) is 21.5. The smallest absolute Gasteiger partial charge is 0.331 e. The van der Waals surface area contributed by atoms with Crippen LogP contribution in [-0.2, 0) is 95.5 Å². The number of hydrogen-bond acceptors (Lipinski definition) is 23. The highest BCUT2D eigenvalue weighted by Gasteiger charge is 2.20. The van der Waals surface area contributed by atoms with Crippen molar-refractivity contribution in [3.05, 3.63) is 24.3 Å². The Morgan fingerprint density at radius 2 is 0.412 bits per heavy atom. The summed E-state index contributed by atoms with van der Waals surface area (Å²) in [6, 6.07) is 0. The van der Waals surface area contributed by atoms with Crippen molar-refractivity contribution in [1.29, 1.82) is 0 Å². The minimum atomic E-state index is -1.29. The molecule has 0 radical (unpaired) electrons. The summed E-state index contributed by atoms with van der Waals surface area (Å²) in [6.07, 6.45) is 78.2. The van der Waals surface area contributed by atoms with Gasteiger partial charge in [-0.15, -0.1) is 0 Å². The number of Topliss-reactive ketones (excluding diaryl/α,β-unsaturated/α-hetero) is 2. The standard InChI is InChI=1S/C31H54O8.C27H52O5.C27H50O5.C12H23ClO.C4H4O4.C3H6O3/c1-3-5-7-9-11-13-15-17-19-21-29(34)37-25-27(39-31(36)24-23-28(32)33)26-38-30(35)22-20-18-16-14-12-10-8-6-4-2;2*1-3-5-7-9-11-13-15-17-19-21-26(29)31-23-25(28)24-32-27(30)22-20-18-16-14-12-10-8-6-4-2;1-2-3-4-5-6-7-8-9-10-11-12(13)14;5-3(6)1-2-4(7)8;4-1-3(6)2-5/h23-24,27H,3-22,25-26H2,1-2H3,(H,32,33);25,28H,3-24H2,1-2H3;3-24H2,1-2H3;2-11H2,1H3;1-2H,(H,5,6)(H,7,8);4-5H,1-2H2/b24-23+;;;;2-1+;. The molecule has 0 rings (SSSR count). The van der Waals surface area contributed by atoms with Crippen LogP contribution in [0.25, 0.3) is 0 Å². The van der Waals surface area contributed by atoms with Crippen LogP contribution in [-0.4, -0.2) is 172 Å². The molecule has 26 nitrogen and oxygen atoms in total. The monoisotopic (exact) mass is 1890 g/mol. The molecule has 0 atom stereocenters. The fraction of sp³-hybridized carbons (Fsp3) is 0.837. The summed E-state index contributed by atoms with van der Waals surface area (Å²) >= 11 is 5.24. The van der Waals surface area contributed by atoms with Gasteiger partial charge in [0.05, 0.1) is 0 Å². The molecule has 0 bridgehead atoms. The van der Waals surface area contributed by atoms with Crippen LogP contribution >= 0.6 is 11.6 Å². The molecule has 0 aromatic rings. The molecule has 768 valence electrons. The first-order valence-electron chi connectivity index (χ1n) is 51.6. The van der Waals surface area contributed by atoms with Gasteiger partial charge in [-0.1, -0.05) is 408 Å². The number of carboxylic acid groups (broad SMARTS) is 3. The van der Waals surface area contributed by atoms with E-state index in [2.05, 4.69) is 48.5 Å². The van der Waals surface area contributed by atoms with Crippen molar-refractivity contribution < 1.29 is 126 Å². The molecule has 0 aliphatic carbocycles. The van der Waals surface area contributed by atoms with Gasteiger partial charge in [0.2, 0.25) is 11.0 Å². The molecule has 6 N–H and O–H groups in total. The van der Waals surface area contributed by atoms with Gasteiger partial charge >= 0.3 is 59.7 Å². The topological polar surface area (TPSA) is 408 Å². The average molecular weight is 1890 g/mol. The Morgan fingerprint density at radius 1 is 0.237 bits per heavy atom. The van der Waals surface area contributed by atoms with Crippen LogP contribution < -0.4 is 0 Å². The molecular formula is C104H189ClO26. The number of ether oxygens (including phenoxy) is 7. The van der Waals surface area contributed by atoms with Gasteiger partial charge in [0.1, 0.15) is 45.7 Å². The lowest BCUT2D eigenvalue weighted by atomic mass is 10.1. The van der Waals surface area contributed by atoms with Crippen LogP contribution in [0.4, 0.5) is 0 Å². The third-order valence-electron chi connectivity index (χ3n) is 21.3. The highest BCUT2D eigenvalue weighted by atomic mass is 35.5. The number of carboxylic acids is 3. The van der Waals surface area contributed by atoms with E-state index in [0.717, 1.165) is 134 Å². The van der Waals surface area contributed by atoms with Gasteiger partial charge in [-0.2, -0.15) is 0 Å². The van der Waals surface area contributed by atoms with Crippen molar-refractivity contribution in [3.8, 4) is 0 Å². The molecule has 0 spiro atoms. The summed E-state index contributed by atoms with van der Waals surface area (Å²) in [7, 11) is 0. The van der Waals surface area contributed by atoms with Crippen molar-refractivity contribution in [3.63, 3.8) is 0 Å². The summed E-state index contributed by atoms with van der Waals surface area (Å²) in [6.45, 7) is 13.1. The lowest BCUT2D eigenvalue weighted by molar-refractivity contribution is -0.163. The maximum absolute atomic E-state index is 12.1. The number of esters is 7. The highest BCUT2D eigenvalue weighted by molar-refractivity contribution is 6.63. The zero-order valence-electron chi connectivity index (χ0n) is 83.3. The van der Waals surface area contributed by atoms with Crippen LogP contribution in [0, 0.1) is 0 Å². The second kappa shape index (κ2) is 114. The van der Waals surface area contributed by atoms with Gasteiger partial charge in [-0.3, -0.25) is 43.2 Å². The van der Waals surface area contributed by atoms with Crippen LogP contribution in [0.2, 0.25) is 0 Å². The number of hydrogen-bond donors (Lipinski definition) is 6. The second-order valence-electron chi connectivity index (χ2n) is 34.2. The zero-order chi connectivity index (χ0) is 98.6. The fourth-order valence-electron chi connectivity index (χ4n) is 13.3. The molecule has 0 unspecified atom stereocenters. The van der Waals surface area contributed by atoms with Crippen LogP contribution in [0.1, 0.15) is 498 Å². The Morgan fingerprint density at radius 3 is 0.595 bits per heavy atom. The van der Waals surface area contributed by atoms with Gasteiger partial charge in [-0.05, 0) is 56.5 Å². The molecule has 0 fully saturated rings. The Labute approximate surface area is 797 Å². The van der Waals surface area contributed by atoms with E-state index >= 15 is 0 Å². The van der Waals surface area contributed by atoms with Crippen molar-refractivity contribution in [2.75, 3.05) is 52.9 Å². The zero-order valence-corrected chi connectivity index (χ0v) is 84.1. The number of aliphatic hydroxyl groups is 3. The molecule has 0 aliphatic rings. The molecule has 0 saturated carbocycles. The third kappa shape index (κ3) is 130. The van der Waals surface area contributed by atoms with E-state index in [0.29, 0.717) is 50.3 Å². The Kier molecular flexibility index (Phi) is 117. The molecule has 0 amide bonds. The first-order valence-corrected chi connectivity index (χ1v) is 52.0. The van der Waals surface area contributed by atoms with Crippen molar-refractivity contribution in [2.45, 2.75) is 510 Å². The molecule has 0 saturated heterocycles. The van der Waals surface area contributed by atoms with E-state index in [4.69, 9.17) is 70.3 Å². The molecule has 0 aliphatic heterocycles. The van der Waals surface area contributed by atoms with Gasteiger partial charge in [0, 0.05) is 69.2 Å². The van der Waals surface area contributed by atoms with Crippen LogP contribution in [0.3, 0.4) is 0 Å². The molecule has 0 aromatic heterocycles. The van der Waals surface area contributed by atoms with E-state index in [-0.39, 0.29) is 87.4 Å². The summed E-state index contributed by atoms with van der Waals surface area (Å²) in [5.74, 6) is -7.69. The fourth-order valence-corrected chi connectivity index (χ4v) is 13.4. The molecule has 27 heteroatoms. The van der Waals surface area contributed by atoms with Crippen molar-refractivity contribution >= 4 is 88.1 Å². The number of ketones is 2. The van der Waals surface area contributed by atoms with E-state index in [1.807, 2.05) is 0 Å². The number of halogens is 1. The van der Waals surface area contributed by atoms with Gasteiger partial charge in [0.25, 0.3) is 0 Å². The Bertz CT molecular complexity index is 2580. The van der Waals surface area contributed by atoms with E-state index in [1.165, 1.54) is 276 Å². The van der Waals surface area contributed by atoms with Gasteiger partial charge in [0.15, 0.2) is 25.1 Å². The lowest BCUT2D eigenvalue weighted by Gasteiger charge is -2.17. The van der Waals surface area contributed by atoms with Crippen LogP contribution in [0.15, 0.2) is 24.3 Å². The SMILES string of the molecule is CCCCCCCCCCCC(=O)Cl.CCCCCCCCCCCC(=O)OCC(=O)COC(=O)CCCCCCCCCCC.CCCCCCCCCCCC(=O)OCC(COC(=O)CCCCCCCCCCC)OC(=O)/C=C/C(=O)O.CCCCCCCCCCCC(=O)OCC(O)COC(=O)CCCCCCCCCCC.O=C(CO)CO.O=C(O)/C=C/C(=O)O. The lowest BCUT2D eigenvalue weighted by Crippen LogP contribution is -2.30. The van der Waals surface area contributed by atoms with Gasteiger partial charge in [-0.25, -0.2) is 19.2 Å². The molecule has 131 heavy (non-hydrogen) atoms. The molecular weight excluding hydrogens is 1700 g/mol. The Balaban J connectivity index is -0.000000390. The van der Waals surface area contributed by atoms with E-state index in [1.54, 1.807) is 0 Å². The number of unbranched alkanes of at least 4 members (excludes halogenated alkanes) is 56. The molecule has 0 heterocycles. The van der Waals surface area contributed by atoms with E-state index in [9.17, 15) is 67.4 Å². The van der Waals surface area contributed by atoms with Crippen molar-refractivity contribution in [2.24, 2.45) is 0 Å². The highest BCUT2D eigenvalue weighted by Crippen LogP contribution is 2.19.